The van der Waals surface area contributed by atoms with E-state index in [0.29, 0.717) is 0 Å². The van der Waals surface area contributed by atoms with E-state index in [9.17, 15) is 4.79 Å². The van der Waals surface area contributed by atoms with Crippen LogP contribution in [0.5, 0.6) is 0 Å². The molecule has 10 heavy (non-hydrogen) atoms. The zero-order valence-corrected chi connectivity index (χ0v) is 7.36. The Kier molecular flexibility index (Phi) is 3.13. The maximum Gasteiger partial charge on any atom is 0.223 e. The van der Waals surface area contributed by atoms with Crippen molar-refractivity contribution >= 4 is 5.91 Å². The molecule has 0 saturated carbocycles. The van der Waals surface area contributed by atoms with E-state index in [1.54, 1.807) is 18.9 Å². The summed E-state index contributed by atoms with van der Waals surface area (Å²) in [6, 6.07) is 0. The molecule has 0 aliphatic carbocycles. The molecular formula is C8H15NO. The molecule has 0 atom stereocenters. The first-order valence-corrected chi connectivity index (χ1v) is 3.35. The Labute approximate surface area is 62.5 Å². The molecule has 2 nitrogen and oxygen atoms in total. The van der Waals surface area contributed by atoms with E-state index < -0.39 is 0 Å². The molecule has 0 saturated heterocycles. The highest BCUT2D eigenvalue weighted by atomic mass is 16.2. The van der Waals surface area contributed by atoms with E-state index in [2.05, 4.69) is 0 Å². The lowest BCUT2D eigenvalue weighted by Gasteiger charge is -2.16. The number of carbonyl (C=O) groups is 1. The number of rotatable bonds is 1. The molecule has 0 N–H and O–H groups in total. The van der Waals surface area contributed by atoms with Gasteiger partial charge in [0.15, 0.2) is 0 Å². The molecule has 0 heterocycles. The molecule has 0 unspecified atom stereocenters. The van der Waals surface area contributed by atoms with E-state index in [0.717, 1.165) is 5.70 Å². The Morgan fingerprint density at radius 2 is 1.50 bits per heavy atom. The van der Waals surface area contributed by atoms with Crippen LogP contribution in [0.25, 0.3) is 0 Å². The van der Waals surface area contributed by atoms with E-state index in [-0.39, 0.29) is 5.91 Å². The lowest BCUT2D eigenvalue weighted by Crippen LogP contribution is -2.22. The van der Waals surface area contributed by atoms with Gasteiger partial charge in [0.2, 0.25) is 5.91 Å². The van der Waals surface area contributed by atoms with E-state index >= 15 is 0 Å². The summed E-state index contributed by atoms with van der Waals surface area (Å²) in [4.78, 5) is 12.4. The molecule has 0 aromatic rings. The summed E-state index contributed by atoms with van der Waals surface area (Å²) in [5.41, 5.74) is 2.21. The summed E-state index contributed by atoms with van der Waals surface area (Å²) < 4.78 is 0. The van der Waals surface area contributed by atoms with Gasteiger partial charge in [-0.25, -0.2) is 0 Å². The predicted molar refractivity (Wildman–Crippen MR) is 42.5 cm³/mol. The Hall–Kier alpha value is -0.790. The van der Waals surface area contributed by atoms with Crippen molar-refractivity contribution in [1.29, 1.82) is 0 Å². The van der Waals surface area contributed by atoms with E-state index in [1.807, 2.05) is 20.8 Å². The van der Waals surface area contributed by atoms with Gasteiger partial charge in [-0.1, -0.05) is 5.57 Å². The van der Waals surface area contributed by atoms with Crippen LogP contribution in [0.1, 0.15) is 27.7 Å². The van der Waals surface area contributed by atoms with Gasteiger partial charge in [0.1, 0.15) is 0 Å². The third-order valence-corrected chi connectivity index (χ3v) is 1.70. The molecule has 58 valence electrons. The Bertz CT molecular complexity index is 166. The van der Waals surface area contributed by atoms with Crippen LogP contribution in [-0.2, 0) is 4.79 Å². The lowest BCUT2D eigenvalue weighted by molar-refractivity contribution is -0.125. The van der Waals surface area contributed by atoms with Gasteiger partial charge in [0.25, 0.3) is 0 Å². The largest absolute Gasteiger partial charge is 0.320 e. The minimum absolute atomic E-state index is 0.0821. The van der Waals surface area contributed by atoms with Gasteiger partial charge in [-0.3, -0.25) is 4.79 Å². The molecule has 0 aromatic carbocycles. The van der Waals surface area contributed by atoms with Crippen LogP contribution >= 0.6 is 0 Å². The molecule has 0 aromatic heterocycles. The van der Waals surface area contributed by atoms with Crippen LogP contribution in [0.4, 0.5) is 0 Å². The molecule has 0 aliphatic heterocycles. The third-order valence-electron chi connectivity index (χ3n) is 1.70. The fraction of sp³-hybridized carbons (Fsp3) is 0.625. The van der Waals surface area contributed by atoms with Crippen molar-refractivity contribution < 1.29 is 4.79 Å². The second-order valence-electron chi connectivity index (χ2n) is 2.66. The van der Waals surface area contributed by atoms with Gasteiger partial charge >= 0.3 is 0 Å². The minimum Gasteiger partial charge on any atom is -0.320 e. The number of amides is 1. The van der Waals surface area contributed by atoms with E-state index in [4.69, 9.17) is 0 Å². The van der Waals surface area contributed by atoms with Gasteiger partial charge < -0.3 is 4.90 Å². The van der Waals surface area contributed by atoms with Crippen molar-refractivity contribution in [1.82, 2.24) is 4.90 Å². The summed E-state index contributed by atoms with van der Waals surface area (Å²) in [5, 5.41) is 0. The molecule has 0 fully saturated rings. The van der Waals surface area contributed by atoms with Crippen molar-refractivity contribution in [2.45, 2.75) is 27.7 Å². The number of nitrogens with zero attached hydrogens (tertiary/aromatic N) is 1. The maximum absolute atomic E-state index is 10.8. The number of hydrogen-bond donors (Lipinski definition) is 0. The van der Waals surface area contributed by atoms with Crippen molar-refractivity contribution in [3.63, 3.8) is 0 Å². The molecular weight excluding hydrogens is 126 g/mol. The average Bonchev–Trinajstić information content (AvgIpc) is 1.84. The quantitative estimate of drug-likeness (QED) is 0.545. The standard InChI is InChI=1S/C8H15NO/c1-6(2)7(3)9(5)8(4)10/h1-5H3. The Morgan fingerprint density at radius 3 is 1.60 bits per heavy atom. The molecule has 0 bridgehead atoms. The average molecular weight is 141 g/mol. The first kappa shape index (κ1) is 9.21. The van der Waals surface area contributed by atoms with Gasteiger partial charge in [-0.2, -0.15) is 0 Å². The highest BCUT2D eigenvalue weighted by molar-refractivity contribution is 5.74. The Morgan fingerprint density at radius 1 is 1.10 bits per heavy atom. The fourth-order valence-electron chi connectivity index (χ4n) is 0.572. The lowest BCUT2D eigenvalue weighted by atomic mass is 10.2. The van der Waals surface area contributed by atoms with Crippen LogP contribution in [0.2, 0.25) is 0 Å². The van der Waals surface area contributed by atoms with Crippen LogP contribution in [0.15, 0.2) is 11.3 Å². The SMILES string of the molecule is CC(=O)N(C)C(C)=C(C)C. The minimum atomic E-state index is 0.0821. The van der Waals surface area contributed by atoms with Crippen molar-refractivity contribution in [2.24, 2.45) is 0 Å². The van der Waals surface area contributed by atoms with Crippen LogP contribution in [-0.4, -0.2) is 17.9 Å². The van der Waals surface area contributed by atoms with Crippen LogP contribution < -0.4 is 0 Å². The van der Waals surface area contributed by atoms with Crippen LogP contribution in [0.3, 0.4) is 0 Å². The smallest absolute Gasteiger partial charge is 0.223 e. The zero-order chi connectivity index (χ0) is 8.31. The monoisotopic (exact) mass is 141 g/mol. The first-order chi connectivity index (χ1) is 4.46. The van der Waals surface area contributed by atoms with Crippen molar-refractivity contribution in [3.8, 4) is 0 Å². The van der Waals surface area contributed by atoms with E-state index in [1.165, 1.54) is 5.57 Å². The van der Waals surface area contributed by atoms with Gasteiger partial charge in [0.05, 0.1) is 0 Å². The summed E-state index contributed by atoms with van der Waals surface area (Å²) >= 11 is 0. The summed E-state index contributed by atoms with van der Waals surface area (Å²) in [7, 11) is 1.78. The summed E-state index contributed by atoms with van der Waals surface area (Å²) in [5.74, 6) is 0.0821. The number of carbonyl (C=O) groups excluding carboxylic acids is 1. The highest BCUT2D eigenvalue weighted by Gasteiger charge is 2.03. The van der Waals surface area contributed by atoms with Crippen LogP contribution in [0, 0.1) is 0 Å². The highest BCUT2D eigenvalue weighted by Crippen LogP contribution is 2.05. The first-order valence-electron chi connectivity index (χ1n) is 3.35. The second kappa shape index (κ2) is 3.40. The predicted octanol–water partition coefficient (Wildman–Crippen LogP) is 1.78. The topological polar surface area (TPSA) is 20.3 Å². The molecule has 0 spiro atoms. The van der Waals surface area contributed by atoms with Gasteiger partial charge in [-0.15, -0.1) is 0 Å². The van der Waals surface area contributed by atoms with Crippen molar-refractivity contribution in [2.75, 3.05) is 7.05 Å². The molecule has 0 radical (unpaired) electrons. The normalized spacial score (nSPS) is 8.90. The zero-order valence-electron chi connectivity index (χ0n) is 7.36. The van der Waals surface area contributed by atoms with Crippen molar-refractivity contribution in [3.05, 3.63) is 11.3 Å². The fourth-order valence-corrected chi connectivity index (χ4v) is 0.572. The molecule has 2 heteroatoms. The maximum atomic E-state index is 10.8. The number of allylic oxidation sites excluding steroid dienone is 2. The van der Waals surface area contributed by atoms with Gasteiger partial charge in [-0.05, 0) is 20.8 Å². The molecule has 0 rings (SSSR count). The van der Waals surface area contributed by atoms with Gasteiger partial charge in [0, 0.05) is 19.7 Å². The molecule has 0 aliphatic rings. The number of hydrogen-bond acceptors (Lipinski definition) is 1. The Balaban J connectivity index is 4.37. The molecule has 1 amide bonds. The second-order valence-corrected chi connectivity index (χ2v) is 2.66. The summed E-state index contributed by atoms with van der Waals surface area (Å²) in [6.45, 7) is 7.49. The summed E-state index contributed by atoms with van der Waals surface area (Å²) in [6.07, 6.45) is 0. The third kappa shape index (κ3) is 2.21.